The molecule has 18 nitrogen and oxygen atoms in total. The summed E-state index contributed by atoms with van der Waals surface area (Å²) in [6.07, 6.45) is 0.105. The molecule has 58 heavy (non-hydrogen) atoms. The zero-order valence-electron chi connectivity index (χ0n) is 32.6. The predicted molar refractivity (Wildman–Crippen MR) is 204 cm³/mol. The van der Waals surface area contributed by atoms with Crippen LogP contribution >= 0.6 is 0 Å². The van der Waals surface area contributed by atoms with Crippen LogP contribution in [0.5, 0.6) is 5.75 Å². The smallest absolute Gasteiger partial charge is 0.505 e. The van der Waals surface area contributed by atoms with Gasteiger partial charge in [-0.25, -0.2) is 9.59 Å². The number of unbranched alkanes of at least 4 members (excludes halogenated alkanes) is 1. The van der Waals surface area contributed by atoms with Gasteiger partial charge in [-0.2, -0.15) is 0 Å². The minimum atomic E-state index is -2.90. The number of carbonyl (C=O) groups is 7. The molecule has 0 spiro atoms. The molecular formula is C40H45N5O13. The maximum absolute atomic E-state index is 14.4. The number of ether oxygens (including phenoxy) is 1. The minimum absolute atomic E-state index is 0.0144. The Morgan fingerprint density at radius 1 is 1.02 bits per heavy atom. The Balaban J connectivity index is 1.26. The van der Waals surface area contributed by atoms with Crippen LogP contribution in [-0.2, 0) is 41.7 Å². The first-order valence-corrected chi connectivity index (χ1v) is 18.7. The molecule has 0 aliphatic heterocycles. The van der Waals surface area contributed by atoms with E-state index in [-0.39, 0.29) is 42.2 Å². The lowest BCUT2D eigenvalue weighted by atomic mass is 9.52. The quantitative estimate of drug-likeness (QED) is 0.150. The number of hydrogen-bond acceptors (Lipinski definition) is 15. The minimum Gasteiger partial charge on any atom is -0.505 e. The van der Waals surface area contributed by atoms with E-state index in [4.69, 9.17) is 19.3 Å². The Morgan fingerprint density at radius 2 is 1.71 bits per heavy atom. The number of rotatable bonds is 12. The van der Waals surface area contributed by atoms with Crippen LogP contribution in [0.2, 0.25) is 0 Å². The second kappa shape index (κ2) is 16.0. The molecule has 308 valence electrons. The third-order valence-electron chi connectivity index (χ3n) is 11.2. The summed E-state index contributed by atoms with van der Waals surface area (Å²) >= 11 is 0. The van der Waals surface area contributed by atoms with Crippen molar-refractivity contribution in [2.75, 3.05) is 51.5 Å². The number of amides is 3. The Bertz CT molecular complexity index is 2250. The van der Waals surface area contributed by atoms with Gasteiger partial charge in [0.05, 0.1) is 23.2 Å². The number of nitrogens with zero attached hydrogens (tertiary/aromatic N) is 3. The van der Waals surface area contributed by atoms with Crippen molar-refractivity contribution in [1.82, 2.24) is 9.80 Å². The molecule has 1 aromatic heterocycles. The van der Waals surface area contributed by atoms with Gasteiger partial charge in [-0.3, -0.25) is 38.6 Å². The van der Waals surface area contributed by atoms with Crippen LogP contribution in [0.15, 0.2) is 50.0 Å². The van der Waals surface area contributed by atoms with Crippen molar-refractivity contribution in [3.8, 4) is 17.1 Å². The van der Waals surface area contributed by atoms with Crippen LogP contribution < -0.4 is 21.8 Å². The standard InChI is InChI=1S/C40H45N5O13/c1-6-7-13-45(38(53)56-18-25-34(58-39(54)57-25)19-11-9-8-10-12-19)17-26(46)42-23-16-24(43(2)3)21-14-20-15-22-30(44(4)5)33(49)29(37(41)52)36(51)40(22,55)35(50)27(20)32(48)28(21)31(23)47/h8-12,16,20,22,27,29-30,47,55H,6-7,13-15,17-18H2,1-5H3,(H2,41,52)(H,42,46)/t20?,22?,27?,29?,30-,40-/m0/s1. The fourth-order valence-corrected chi connectivity index (χ4v) is 8.52. The highest BCUT2D eigenvalue weighted by molar-refractivity contribution is 6.32. The maximum Gasteiger partial charge on any atom is 0.519 e. The van der Waals surface area contributed by atoms with Crippen LogP contribution in [0.1, 0.15) is 47.9 Å². The molecule has 3 aliphatic rings. The first-order chi connectivity index (χ1) is 27.4. The van der Waals surface area contributed by atoms with E-state index in [1.165, 1.54) is 25.1 Å². The van der Waals surface area contributed by atoms with Gasteiger partial charge >= 0.3 is 11.9 Å². The van der Waals surface area contributed by atoms with Gasteiger partial charge in [0, 0.05) is 37.8 Å². The van der Waals surface area contributed by atoms with Gasteiger partial charge in [0.25, 0.3) is 0 Å². The molecule has 0 bridgehead atoms. The number of phenolic OH excluding ortho intramolecular Hbond substituents is 1. The first-order valence-electron chi connectivity index (χ1n) is 18.7. The average Bonchev–Trinajstić information content (AvgIpc) is 3.54. The number of aromatic hydroxyl groups is 1. The average molecular weight is 804 g/mol. The van der Waals surface area contributed by atoms with Gasteiger partial charge in [-0.05, 0) is 50.9 Å². The number of Topliss-reactive ketones (excluding diaryl/α,β-unsaturated/α-hetero) is 4. The number of carbonyl (C=O) groups excluding carboxylic acids is 7. The van der Waals surface area contributed by atoms with Crippen molar-refractivity contribution in [1.29, 1.82) is 0 Å². The van der Waals surface area contributed by atoms with Gasteiger partial charge in [0.2, 0.25) is 11.8 Å². The van der Waals surface area contributed by atoms with Crippen molar-refractivity contribution in [2.45, 2.75) is 50.9 Å². The third-order valence-corrected chi connectivity index (χ3v) is 11.2. The lowest BCUT2D eigenvalue weighted by molar-refractivity contribution is -0.181. The number of ketones is 4. The Kier molecular flexibility index (Phi) is 11.5. The number of hydrogen-bond donors (Lipinski definition) is 4. The molecular weight excluding hydrogens is 758 g/mol. The second-order valence-corrected chi connectivity index (χ2v) is 15.3. The normalized spacial score (nSPS) is 23.8. The molecule has 4 unspecified atom stereocenters. The molecule has 3 aromatic rings. The third kappa shape index (κ3) is 7.17. The fourth-order valence-electron chi connectivity index (χ4n) is 8.52. The van der Waals surface area contributed by atoms with Crippen molar-refractivity contribution in [3.05, 3.63) is 63.9 Å². The van der Waals surface area contributed by atoms with E-state index in [9.17, 15) is 48.6 Å². The number of likely N-dealkylation sites (N-methyl/N-ethyl adjacent to an activating group) is 1. The predicted octanol–water partition coefficient (Wildman–Crippen LogP) is 1.52. The van der Waals surface area contributed by atoms with Gasteiger partial charge in [-0.15, -0.1) is 0 Å². The maximum atomic E-state index is 14.4. The summed E-state index contributed by atoms with van der Waals surface area (Å²) in [5.74, 6) is -14.0. The Labute approximate surface area is 331 Å². The summed E-state index contributed by atoms with van der Waals surface area (Å²) in [5.41, 5.74) is 3.22. The van der Waals surface area contributed by atoms with E-state index in [1.807, 2.05) is 6.92 Å². The number of nitrogens with two attached hydrogens (primary N) is 1. The van der Waals surface area contributed by atoms with E-state index in [2.05, 4.69) is 5.32 Å². The van der Waals surface area contributed by atoms with Crippen LogP contribution in [0.25, 0.3) is 11.3 Å². The van der Waals surface area contributed by atoms with Gasteiger partial charge in [0.15, 0.2) is 52.8 Å². The number of fused-ring (bicyclic) bond motifs is 3. The number of anilines is 2. The summed E-state index contributed by atoms with van der Waals surface area (Å²) in [5, 5.41) is 26.1. The first kappa shape index (κ1) is 41.5. The van der Waals surface area contributed by atoms with E-state index in [0.29, 0.717) is 29.7 Å². The molecule has 5 N–H and O–H groups in total. The molecule has 2 saturated carbocycles. The molecule has 6 rings (SSSR count). The fraction of sp³-hybridized carbons (Fsp3) is 0.450. The zero-order valence-corrected chi connectivity index (χ0v) is 32.6. The molecule has 2 fully saturated rings. The van der Waals surface area contributed by atoms with Crippen molar-refractivity contribution in [2.24, 2.45) is 29.4 Å². The lowest BCUT2D eigenvalue weighted by Gasteiger charge is -2.52. The molecule has 18 heteroatoms. The van der Waals surface area contributed by atoms with Crippen LogP contribution in [-0.4, -0.2) is 114 Å². The van der Waals surface area contributed by atoms with Gasteiger partial charge in [-0.1, -0.05) is 43.7 Å². The van der Waals surface area contributed by atoms with Crippen molar-refractivity contribution in [3.63, 3.8) is 0 Å². The summed E-state index contributed by atoms with van der Waals surface area (Å²) in [6, 6.07) is 8.75. The summed E-state index contributed by atoms with van der Waals surface area (Å²) in [6.45, 7) is 0.915. The topological polar surface area (TPSA) is 260 Å². The molecule has 3 aliphatic carbocycles. The highest BCUT2D eigenvalue weighted by atomic mass is 16.6. The molecule has 3 amide bonds. The van der Waals surface area contributed by atoms with E-state index in [1.54, 1.807) is 49.3 Å². The summed E-state index contributed by atoms with van der Waals surface area (Å²) < 4.78 is 15.7. The monoisotopic (exact) mass is 803 g/mol. The van der Waals surface area contributed by atoms with Gasteiger partial charge in [0.1, 0.15) is 12.3 Å². The molecule has 1 heterocycles. The molecule has 2 aromatic carbocycles. The number of primary amides is 1. The second-order valence-electron chi connectivity index (χ2n) is 15.3. The van der Waals surface area contributed by atoms with Crippen LogP contribution in [0.4, 0.5) is 16.2 Å². The largest absolute Gasteiger partial charge is 0.519 e. The highest BCUT2D eigenvalue weighted by Crippen LogP contribution is 2.52. The highest BCUT2D eigenvalue weighted by Gasteiger charge is 2.69. The SMILES string of the molecule is CCCCN(CC(=O)Nc1cc(N(C)C)c2c(c1O)C(=O)C1C(=O)[C@]3(O)C(=O)C(C(N)=O)C(=O)[C@@H](N(C)C)C3CC1C2)C(=O)OCc1oc(=O)oc1-c1ccccc1. The van der Waals surface area contributed by atoms with E-state index in [0.717, 1.165) is 4.90 Å². The number of aliphatic hydroxyl groups is 1. The Hall–Kier alpha value is -6.14. The summed E-state index contributed by atoms with van der Waals surface area (Å²) in [4.78, 5) is 111. The van der Waals surface area contributed by atoms with E-state index < -0.39 is 101 Å². The van der Waals surface area contributed by atoms with E-state index >= 15 is 0 Å². The number of phenols is 1. The number of nitrogens with one attached hydrogen (secondary N) is 1. The Morgan fingerprint density at radius 3 is 2.33 bits per heavy atom. The lowest BCUT2D eigenvalue weighted by Crippen LogP contribution is -2.74. The van der Waals surface area contributed by atoms with Crippen LogP contribution in [0.3, 0.4) is 0 Å². The molecule has 0 radical (unpaired) electrons. The summed E-state index contributed by atoms with van der Waals surface area (Å²) in [7, 11) is 6.33. The molecule has 0 saturated heterocycles. The van der Waals surface area contributed by atoms with Gasteiger partial charge < -0.3 is 39.7 Å². The number of benzene rings is 2. The molecule has 6 atom stereocenters. The van der Waals surface area contributed by atoms with Crippen LogP contribution in [0, 0.1) is 23.7 Å². The zero-order chi connectivity index (χ0) is 42.4. The van der Waals surface area contributed by atoms with Crippen molar-refractivity contribution >= 4 is 52.4 Å². The van der Waals surface area contributed by atoms with Crippen molar-refractivity contribution < 1.29 is 57.3 Å².